The number of carbonyl (C=O) groups excluding carboxylic acids is 1. The molecule has 3 aromatic rings. The largest absolute Gasteiger partial charge is 0.490 e. The van der Waals surface area contributed by atoms with Crippen LogP contribution in [0.15, 0.2) is 39.5 Å². The summed E-state index contributed by atoms with van der Waals surface area (Å²) in [7, 11) is 0. The van der Waals surface area contributed by atoms with E-state index in [1.807, 2.05) is 17.5 Å². The number of amides is 1. The first-order valence-corrected chi connectivity index (χ1v) is 10.2. The first kappa shape index (κ1) is 16.6. The molecule has 1 aliphatic heterocycles. The van der Waals surface area contributed by atoms with Gasteiger partial charge < -0.3 is 14.8 Å². The molecule has 5 nitrogen and oxygen atoms in total. The zero-order chi connectivity index (χ0) is 17.2. The van der Waals surface area contributed by atoms with Crippen LogP contribution in [0.4, 0.5) is 5.69 Å². The van der Waals surface area contributed by atoms with Gasteiger partial charge in [-0.2, -0.15) is 0 Å². The highest BCUT2D eigenvalue weighted by Crippen LogP contribution is 2.34. The van der Waals surface area contributed by atoms with Gasteiger partial charge in [0.05, 0.1) is 18.1 Å². The number of fused-ring (bicyclic) bond motifs is 1. The number of nitrogens with zero attached hydrogens (tertiary/aromatic N) is 1. The van der Waals surface area contributed by atoms with Crippen molar-refractivity contribution in [1.82, 2.24) is 4.98 Å². The van der Waals surface area contributed by atoms with Gasteiger partial charge in [-0.25, -0.2) is 4.98 Å². The van der Waals surface area contributed by atoms with Crippen LogP contribution in [0.1, 0.15) is 16.9 Å². The maximum absolute atomic E-state index is 12.5. The number of hydrogen-bond acceptors (Lipinski definition) is 6. The van der Waals surface area contributed by atoms with Crippen LogP contribution in [-0.2, 0) is 0 Å². The quantitative estimate of drug-likeness (QED) is 0.623. The molecule has 1 aromatic carbocycles. The second-order valence-corrected chi connectivity index (χ2v) is 8.02. The molecule has 0 unspecified atom stereocenters. The summed E-state index contributed by atoms with van der Waals surface area (Å²) in [5.74, 6) is 1.11. The van der Waals surface area contributed by atoms with Crippen LogP contribution in [0.2, 0.25) is 0 Å². The highest BCUT2D eigenvalue weighted by atomic mass is 79.9. The van der Waals surface area contributed by atoms with Crippen molar-refractivity contribution < 1.29 is 14.3 Å². The van der Waals surface area contributed by atoms with E-state index < -0.39 is 0 Å². The van der Waals surface area contributed by atoms with Crippen molar-refractivity contribution >= 4 is 50.2 Å². The normalized spacial score (nSPS) is 13.3. The summed E-state index contributed by atoms with van der Waals surface area (Å²) in [5, 5.41) is 7.45. The number of thiophene rings is 1. The third-order valence-corrected chi connectivity index (χ3v) is 6.22. The van der Waals surface area contributed by atoms with E-state index in [2.05, 4.69) is 26.2 Å². The molecule has 0 atom stereocenters. The SMILES string of the molecule is O=C(Nc1ccc2c(c1)OCCCO2)c1csc(-c2cc(Br)cs2)n1. The van der Waals surface area contributed by atoms with Crippen molar-refractivity contribution in [2.24, 2.45) is 0 Å². The van der Waals surface area contributed by atoms with Gasteiger partial charge in [-0.15, -0.1) is 22.7 Å². The standard InChI is InChI=1S/C17H13BrN2O3S2/c18-10-6-15(24-8-10)17-20-12(9-25-17)16(21)19-11-2-3-13-14(7-11)23-5-1-4-22-13/h2-3,6-9H,1,4-5H2,(H,19,21). The smallest absolute Gasteiger partial charge is 0.275 e. The number of hydrogen-bond donors (Lipinski definition) is 1. The summed E-state index contributed by atoms with van der Waals surface area (Å²) in [4.78, 5) is 17.9. The third kappa shape index (κ3) is 3.70. The van der Waals surface area contributed by atoms with Crippen molar-refractivity contribution in [2.75, 3.05) is 18.5 Å². The molecule has 1 amide bonds. The minimum absolute atomic E-state index is 0.243. The molecule has 0 saturated carbocycles. The van der Waals surface area contributed by atoms with Crippen molar-refractivity contribution in [3.63, 3.8) is 0 Å². The molecule has 0 aliphatic carbocycles. The molecule has 25 heavy (non-hydrogen) atoms. The Morgan fingerprint density at radius 3 is 2.76 bits per heavy atom. The lowest BCUT2D eigenvalue weighted by atomic mass is 10.2. The van der Waals surface area contributed by atoms with Gasteiger partial charge in [-0.1, -0.05) is 0 Å². The molecular formula is C17H13BrN2O3S2. The Balaban J connectivity index is 1.50. The Morgan fingerprint density at radius 1 is 1.12 bits per heavy atom. The number of anilines is 1. The van der Waals surface area contributed by atoms with Crippen LogP contribution in [0, 0.1) is 0 Å². The van der Waals surface area contributed by atoms with E-state index in [1.54, 1.807) is 28.8 Å². The molecule has 0 spiro atoms. The molecule has 128 valence electrons. The average molecular weight is 437 g/mol. The lowest BCUT2D eigenvalue weighted by Crippen LogP contribution is -2.12. The molecule has 1 N–H and O–H groups in total. The van der Waals surface area contributed by atoms with Gasteiger partial charge in [0.2, 0.25) is 0 Å². The summed E-state index contributed by atoms with van der Waals surface area (Å²) in [6.07, 6.45) is 0.844. The summed E-state index contributed by atoms with van der Waals surface area (Å²) in [6, 6.07) is 7.39. The molecule has 1 aliphatic rings. The Kier molecular flexibility index (Phi) is 4.74. The number of benzene rings is 1. The van der Waals surface area contributed by atoms with E-state index in [0.717, 1.165) is 20.8 Å². The molecule has 0 saturated heterocycles. The van der Waals surface area contributed by atoms with Crippen LogP contribution in [0.25, 0.3) is 9.88 Å². The Bertz CT molecular complexity index is 922. The Hall–Kier alpha value is -1.90. The second-order valence-electron chi connectivity index (χ2n) is 5.33. The molecule has 3 heterocycles. The van der Waals surface area contributed by atoms with Gasteiger partial charge in [0.1, 0.15) is 10.7 Å². The number of ether oxygens (including phenoxy) is 2. The van der Waals surface area contributed by atoms with Gasteiger partial charge in [-0.3, -0.25) is 4.79 Å². The average Bonchev–Trinajstić information content (AvgIpc) is 3.19. The van der Waals surface area contributed by atoms with E-state index in [1.165, 1.54) is 11.3 Å². The predicted molar refractivity (Wildman–Crippen MR) is 103 cm³/mol. The van der Waals surface area contributed by atoms with Crippen LogP contribution in [0.5, 0.6) is 11.5 Å². The predicted octanol–water partition coefficient (Wildman–Crippen LogP) is 5.05. The van der Waals surface area contributed by atoms with Crippen LogP contribution in [0.3, 0.4) is 0 Å². The number of carbonyl (C=O) groups is 1. The molecule has 8 heteroatoms. The van der Waals surface area contributed by atoms with E-state index >= 15 is 0 Å². The van der Waals surface area contributed by atoms with E-state index in [-0.39, 0.29) is 5.91 Å². The lowest BCUT2D eigenvalue weighted by Gasteiger charge is -2.09. The van der Waals surface area contributed by atoms with E-state index in [4.69, 9.17) is 9.47 Å². The van der Waals surface area contributed by atoms with E-state index in [9.17, 15) is 4.79 Å². The fourth-order valence-electron chi connectivity index (χ4n) is 2.35. The number of nitrogens with one attached hydrogen (secondary N) is 1. The lowest BCUT2D eigenvalue weighted by molar-refractivity contribution is 0.102. The molecule has 0 bridgehead atoms. The number of thiazole rings is 1. The van der Waals surface area contributed by atoms with Crippen molar-refractivity contribution in [3.05, 3.63) is 45.2 Å². The zero-order valence-corrected chi connectivity index (χ0v) is 16.2. The summed E-state index contributed by atoms with van der Waals surface area (Å²) in [5.41, 5.74) is 1.05. The Labute approximate surface area is 160 Å². The molecular weight excluding hydrogens is 424 g/mol. The van der Waals surface area contributed by atoms with Crippen LogP contribution < -0.4 is 14.8 Å². The van der Waals surface area contributed by atoms with Crippen molar-refractivity contribution in [3.8, 4) is 21.4 Å². The fourth-order valence-corrected chi connectivity index (χ4v) is 4.66. The number of halogens is 1. The number of rotatable bonds is 3. The fraction of sp³-hybridized carbons (Fsp3) is 0.176. The van der Waals surface area contributed by atoms with Crippen LogP contribution >= 0.6 is 38.6 Å². The summed E-state index contributed by atoms with van der Waals surface area (Å²) < 4.78 is 12.3. The van der Waals surface area contributed by atoms with Crippen LogP contribution in [-0.4, -0.2) is 24.1 Å². The molecule has 0 fully saturated rings. The van der Waals surface area contributed by atoms with Gasteiger partial charge in [-0.05, 0) is 34.1 Å². The second kappa shape index (κ2) is 7.15. The van der Waals surface area contributed by atoms with Gasteiger partial charge in [0.15, 0.2) is 11.5 Å². The first-order chi connectivity index (χ1) is 12.2. The van der Waals surface area contributed by atoms with Crippen molar-refractivity contribution in [2.45, 2.75) is 6.42 Å². The highest BCUT2D eigenvalue weighted by Gasteiger charge is 2.15. The number of aromatic nitrogens is 1. The summed E-state index contributed by atoms with van der Waals surface area (Å²) >= 11 is 6.47. The molecule has 4 rings (SSSR count). The van der Waals surface area contributed by atoms with Gasteiger partial charge >= 0.3 is 0 Å². The molecule has 2 aromatic heterocycles. The monoisotopic (exact) mass is 436 g/mol. The van der Waals surface area contributed by atoms with Crippen molar-refractivity contribution in [1.29, 1.82) is 0 Å². The topological polar surface area (TPSA) is 60.5 Å². The van der Waals surface area contributed by atoms with E-state index in [0.29, 0.717) is 36.1 Å². The Morgan fingerprint density at radius 2 is 1.96 bits per heavy atom. The maximum atomic E-state index is 12.5. The van der Waals surface area contributed by atoms with Gasteiger partial charge in [0, 0.05) is 33.4 Å². The van der Waals surface area contributed by atoms with Gasteiger partial charge in [0.25, 0.3) is 5.91 Å². The zero-order valence-electron chi connectivity index (χ0n) is 13.0. The molecule has 0 radical (unpaired) electrons. The third-order valence-electron chi connectivity index (χ3n) is 3.52. The minimum Gasteiger partial charge on any atom is -0.490 e. The highest BCUT2D eigenvalue weighted by molar-refractivity contribution is 9.10. The minimum atomic E-state index is -0.243. The first-order valence-electron chi connectivity index (χ1n) is 7.60. The maximum Gasteiger partial charge on any atom is 0.275 e. The summed E-state index contributed by atoms with van der Waals surface area (Å²) in [6.45, 7) is 1.25.